The van der Waals surface area contributed by atoms with Gasteiger partial charge in [-0.1, -0.05) is 92.0 Å². The van der Waals surface area contributed by atoms with Gasteiger partial charge in [-0.05, 0) is 39.0 Å². The number of carboxylic acids is 1. The number of cyclic esters (lactones) is 1. The summed E-state index contributed by atoms with van der Waals surface area (Å²) in [5, 5.41) is 126. The molecular weight excluding hydrogens is 826 g/mol. The third-order valence-corrected chi connectivity index (χ3v) is 10.7. The van der Waals surface area contributed by atoms with Crippen molar-refractivity contribution in [2.24, 2.45) is 17.6 Å². The third-order valence-electron chi connectivity index (χ3n) is 10.7. The lowest BCUT2D eigenvalue weighted by Gasteiger charge is -2.37. The third kappa shape index (κ3) is 22.8. The van der Waals surface area contributed by atoms with Crippen LogP contribution in [0.4, 0.5) is 0 Å². The van der Waals surface area contributed by atoms with E-state index in [9.17, 15) is 70.9 Å². The number of aliphatic hydroxyl groups is 11. The number of carboxylic acid groups (broad SMARTS) is 1. The molecule has 0 saturated carbocycles. The van der Waals surface area contributed by atoms with E-state index in [0.717, 1.165) is 0 Å². The molecule has 1 saturated heterocycles. The maximum atomic E-state index is 12.4. The van der Waals surface area contributed by atoms with Crippen molar-refractivity contribution in [1.82, 2.24) is 0 Å². The van der Waals surface area contributed by atoms with E-state index in [1.165, 1.54) is 0 Å². The molecule has 18 nitrogen and oxygen atoms in total. The van der Waals surface area contributed by atoms with Gasteiger partial charge in [0.2, 0.25) is 0 Å². The number of aliphatic hydroxyl groups excluding tert-OH is 9. The number of ether oxygens (including phenoxy) is 3. The van der Waals surface area contributed by atoms with Gasteiger partial charge in [-0.3, -0.25) is 9.59 Å². The minimum Gasteiger partial charge on any atom is -0.481 e. The van der Waals surface area contributed by atoms with E-state index in [1.54, 1.807) is 92.0 Å². The zero-order chi connectivity index (χ0) is 47.1. The lowest BCUT2D eigenvalue weighted by atomic mass is 9.88. The number of carbonyl (C=O) groups is 2. The van der Waals surface area contributed by atoms with Crippen LogP contribution in [0.15, 0.2) is 85.1 Å². The lowest BCUT2D eigenvalue weighted by molar-refractivity contribution is -0.252. The maximum absolute atomic E-state index is 12.4. The van der Waals surface area contributed by atoms with E-state index in [4.69, 9.17) is 19.9 Å². The minimum atomic E-state index is -2.82. The molecule has 0 aliphatic carbocycles. The van der Waals surface area contributed by atoms with Crippen LogP contribution in [0, 0.1) is 11.8 Å². The van der Waals surface area contributed by atoms with Crippen molar-refractivity contribution in [1.29, 1.82) is 0 Å². The number of hydrogen-bond donors (Lipinski definition) is 13. The average molecular weight is 898 g/mol. The zero-order valence-corrected chi connectivity index (χ0v) is 36.0. The summed E-state index contributed by atoms with van der Waals surface area (Å²) < 4.78 is 16.7. The van der Waals surface area contributed by atoms with E-state index in [2.05, 4.69) is 0 Å². The molecule has 0 aromatic carbocycles. The second kappa shape index (κ2) is 29.2. The van der Waals surface area contributed by atoms with Crippen molar-refractivity contribution in [3.8, 4) is 0 Å². The number of nitrogens with two attached hydrogens (primary N) is 1. The first kappa shape index (κ1) is 55.7. The van der Waals surface area contributed by atoms with E-state index in [1.807, 2.05) is 6.92 Å². The molecule has 0 amide bonds. The van der Waals surface area contributed by atoms with Gasteiger partial charge in [0.1, 0.15) is 12.2 Å². The molecule has 2 aliphatic heterocycles. The SMILES string of the molecule is C[C@H]1C[C@H](O)[C@@H](C)/C=C/C=C/C=C/C=C/C=C/C=C/C=C/C(OC2OC[C@@H](O)[C@H](N)[C@@H]2O)CC[C@H](C(=O)O)[C@@H](O)CC(O)(O)CC(O)C[C@@H](O)C(O)CCC(O)CC(O)CC(=O)O1. The van der Waals surface area contributed by atoms with Crippen LogP contribution < -0.4 is 5.73 Å². The van der Waals surface area contributed by atoms with E-state index < -0.39 is 129 Å². The van der Waals surface area contributed by atoms with Crippen LogP contribution in [0.3, 0.4) is 0 Å². The lowest BCUT2D eigenvalue weighted by Crippen LogP contribution is -2.58. The fourth-order valence-corrected chi connectivity index (χ4v) is 6.93. The monoisotopic (exact) mass is 897 g/mol. The number of carbonyl (C=O) groups excluding carboxylic acids is 1. The minimum absolute atomic E-state index is 0.0745. The largest absolute Gasteiger partial charge is 0.481 e. The van der Waals surface area contributed by atoms with Crippen LogP contribution in [-0.2, 0) is 23.8 Å². The highest BCUT2D eigenvalue weighted by Crippen LogP contribution is 2.27. The summed E-state index contributed by atoms with van der Waals surface area (Å²) in [4.78, 5) is 24.7. The second-order valence-corrected chi connectivity index (χ2v) is 16.5. The molecule has 14 N–H and O–H groups in total. The van der Waals surface area contributed by atoms with Gasteiger partial charge in [-0.15, -0.1) is 0 Å². The van der Waals surface area contributed by atoms with Crippen molar-refractivity contribution in [2.45, 2.75) is 163 Å². The molecule has 15 atom stereocenters. The van der Waals surface area contributed by atoms with Crippen molar-refractivity contribution < 1.29 is 85.1 Å². The molecule has 358 valence electrons. The molecule has 63 heavy (non-hydrogen) atoms. The van der Waals surface area contributed by atoms with E-state index in [-0.39, 0.29) is 51.0 Å². The first-order chi connectivity index (χ1) is 29.7. The van der Waals surface area contributed by atoms with Gasteiger partial charge >= 0.3 is 11.9 Å². The quantitative estimate of drug-likeness (QED) is 0.132. The highest BCUT2D eigenvalue weighted by Gasteiger charge is 2.40. The molecule has 0 bridgehead atoms. The van der Waals surface area contributed by atoms with Gasteiger partial charge in [-0.2, -0.15) is 0 Å². The number of esters is 1. The van der Waals surface area contributed by atoms with E-state index in [0.29, 0.717) is 0 Å². The van der Waals surface area contributed by atoms with Crippen LogP contribution in [-0.4, -0.2) is 165 Å². The van der Waals surface area contributed by atoms with Crippen LogP contribution in [0.2, 0.25) is 0 Å². The van der Waals surface area contributed by atoms with Gasteiger partial charge in [0.05, 0.1) is 79.9 Å². The first-order valence-electron chi connectivity index (χ1n) is 21.4. The summed E-state index contributed by atoms with van der Waals surface area (Å²) in [6, 6.07) is -1.08. The number of hydrogen-bond acceptors (Lipinski definition) is 17. The smallest absolute Gasteiger partial charge is 0.309 e. The Kier molecular flexibility index (Phi) is 25.8. The first-order valence-corrected chi connectivity index (χ1v) is 21.4. The molecule has 0 spiro atoms. The van der Waals surface area contributed by atoms with Crippen LogP contribution in [0.1, 0.15) is 78.1 Å². The Bertz CT molecular complexity index is 1540. The van der Waals surface area contributed by atoms with Gasteiger partial charge < -0.3 is 81.2 Å². The normalized spacial score (nSPS) is 41.0. The number of rotatable bonds is 3. The molecule has 18 heteroatoms. The molecule has 6 unspecified atom stereocenters. The predicted octanol–water partition coefficient (Wildman–Crippen LogP) is 0.0608. The topological polar surface area (TPSA) is 331 Å². The van der Waals surface area contributed by atoms with E-state index >= 15 is 0 Å². The molecule has 2 heterocycles. The average Bonchev–Trinajstić information content (AvgIpc) is 3.18. The van der Waals surface area contributed by atoms with Gasteiger partial charge in [0.25, 0.3) is 0 Å². The predicted molar refractivity (Wildman–Crippen MR) is 230 cm³/mol. The fraction of sp³-hybridized carbons (Fsp3) is 0.644. The summed E-state index contributed by atoms with van der Waals surface area (Å²) in [5.41, 5.74) is 5.88. The molecule has 1 fully saturated rings. The molecule has 2 aliphatic rings. The summed E-state index contributed by atoms with van der Waals surface area (Å²) in [6.45, 7) is 3.19. The molecule has 2 rings (SSSR count). The summed E-state index contributed by atoms with van der Waals surface area (Å²) >= 11 is 0. The maximum Gasteiger partial charge on any atom is 0.309 e. The van der Waals surface area contributed by atoms with Gasteiger partial charge in [-0.25, -0.2) is 0 Å². The summed E-state index contributed by atoms with van der Waals surface area (Å²) in [5.74, 6) is -6.86. The van der Waals surface area contributed by atoms with Crippen molar-refractivity contribution in [2.75, 3.05) is 6.61 Å². The molecule has 0 radical (unpaired) electrons. The fourth-order valence-electron chi connectivity index (χ4n) is 6.93. The van der Waals surface area contributed by atoms with Crippen molar-refractivity contribution in [3.63, 3.8) is 0 Å². The molecule has 0 aromatic rings. The zero-order valence-electron chi connectivity index (χ0n) is 36.0. The Hall–Kier alpha value is -3.44. The summed E-state index contributed by atoms with van der Waals surface area (Å²) in [7, 11) is 0. The van der Waals surface area contributed by atoms with Crippen molar-refractivity contribution >= 4 is 11.9 Å². The highest BCUT2D eigenvalue weighted by molar-refractivity contribution is 5.70. The summed E-state index contributed by atoms with van der Waals surface area (Å²) in [6.07, 6.45) is 5.48. The highest BCUT2D eigenvalue weighted by atomic mass is 16.7. The van der Waals surface area contributed by atoms with Crippen LogP contribution in [0.25, 0.3) is 0 Å². The Morgan fingerprint density at radius 1 is 0.651 bits per heavy atom. The number of allylic oxidation sites excluding steroid dienone is 12. The van der Waals surface area contributed by atoms with Crippen LogP contribution in [0.5, 0.6) is 0 Å². The Labute approximate surface area is 368 Å². The number of aliphatic carboxylic acids is 1. The second-order valence-electron chi connectivity index (χ2n) is 16.5. The van der Waals surface area contributed by atoms with Gasteiger partial charge in [0, 0.05) is 31.6 Å². The van der Waals surface area contributed by atoms with Gasteiger partial charge in [0.15, 0.2) is 12.1 Å². The Morgan fingerprint density at radius 2 is 1.22 bits per heavy atom. The molecule has 0 aromatic heterocycles. The molecular formula is C45H71NO17. The van der Waals surface area contributed by atoms with Crippen LogP contribution >= 0.6 is 0 Å². The van der Waals surface area contributed by atoms with Crippen molar-refractivity contribution in [3.05, 3.63) is 85.1 Å². The standard InChI is InChI=1S/C45H71NO17/c1-28-15-13-11-9-7-5-3-4-6-8-10-12-14-16-33(63-44-42(56)41(46)39(54)27-61-44)18-19-34(43(57)58)38(53)26-45(59,60)25-32(49)23-37(52)35(50)20-17-30(47)22-31(48)24-40(55)62-29(2)21-36(28)51/h3-16,28-39,41-42,44,47-54,56,59-60H,17-27,46H2,1-2H3,(H,57,58)/b4-3+,7-5+,8-6+,11-9+,12-10+,15-13+,16-14+/t28-,29-,30?,31?,32?,33?,34-,35?,36-,37+,38-,39+,41-,42-,44?/m0/s1. The Balaban J connectivity index is 2.24. The Morgan fingerprint density at radius 3 is 1.81 bits per heavy atom.